The van der Waals surface area contributed by atoms with Crippen molar-refractivity contribution in [3.63, 3.8) is 0 Å². The highest BCUT2D eigenvalue weighted by Crippen LogP contribution is 2.25. The SMILES string of the molecule is COCCN(CCO)C(=O)COc1ccccc1OC. The van der Waals surface area contributed by atoms with Gasteiger partial charge in [-0.15, -0.1) is 0 Å². The number of amides is 1. The summed E-state index contributed by atoms with van der Waals surface area (Å²) in [5.41, 5.74) is 0. The summed E-state index contributed by atoms with van der Waals surface area (Å²) in [6.07, 6.45) is 0. The van der Waals surface area contributed by atoms with E-state index in [1.54, 1.807) is 32.4 Å². The molecule has 0 bridgehead atoms. The summed E-state index contributed by atoms with van der Waals surface area (Å²) in [5.74, 6) is 0.881. The summed E-state index contributed by atoms with van der Waals surface area (Å²) >= 11 is 0. The lowest BCUT2D eigenvalue weighted by Gasteiger charge is -2.21. The zero-order valence-corrected chi connectivity index (χ0v) is 11.9. The van der Waals surface area contributed by atoms with E-state index >= 15 is 0 Å². The Morgan fingerprint density at radius 3 is 2.50 bits per heavy atom. The Bertz CT molecular complexity index is 410. The van der Waals surface area contributed by atoms with Crippen molar-refractivity contribution in [2.45, 2.75) is 0 Å². The zero-order chi connectivity index (χ0) is 14.8. The first-order valence-corrected chi connectivity index (χ1v) is 6.36. The zero-order valence-electron chi connectivity index (χ0n) is 11.9. The Morgan fingerprint density at radius 2 is 1.90 bits per heavy atom. The third kappa shape index (κ3) is 5.07. The summed E-state index contributed by atoms with van der Waals surface area (Å²) in [4.78, 5) is 13.5. The third-order valence-electron chi connectivity index (χ3n) is 2.71. The fourth-order valence-corrected chi connectivity index (χ4v) is 1.65. The number of hydrogen-bond donors (Lipinski definition) is 1. The standard InChI is InChI=1S/C14H21NO5/c1-18-10-8-15(7-9-16)14(17)11-20-13-6-4-3-5-12(13)19-2/h3-6,16H,7-11H2,1-2H3. The smallest absolute Gasteiger partial charge is 0.260 e. The molecule has 0 unspecified atom stereocenters. The Balaban J connectivity index is 2.55. The van der Waals surface area contributed by atoms with Crippen molar-refractivity contribution in [3.05, 3.63) is 24.3 Å². The molecule has 20 heavy (non-hydrogen) atoms. The van der Waals surface area contributed by atoms with Gasteiger partial charge in [-0.25, -0.2) is 0 Å². The highest BCUT2D eigenvalue weighted by molar-refractivity contribution is 5.77. The van der Waals surface area contributed by atoms with Gasteiger partial charge in [0.1, 0.15) is 0 Å². The van der Waals surface area contributed by atoms with Crippen LogP contribution in [0.3, 0.4) is 0 Å². The molecule has 0 saturated heterocycles. The molecular formula is C14H21NO5. The van der Waals surface area contributed by atoms with Crippen LogP contribution in [-0.2, 0) is 9.53 Å². The fourth-order valence-electron chi connectivity index (χ4n) is 1.65. The van der Waals surface area contributed by atoms with Gasteiger partial charge in [0.25, 0.3) is 5.91 Å². The van der Waals surface area contributed by atoms with E-state index in [2.05, 4.69) is 0 Å². The highest BCUT2D eigenvalue weighted by atomic mass is 16.5. The maximum Gasteiger partial charge on any atom is 0.260 e. The number of carbonyl (C=O) groups is 1. The predicted octanol–water partition coefficient (Wildman–Crippen LogP) is 0.541. The van der Waals surface area contributed by atoms with E-state index in [0.717, 1.165) is 0 Å². The number of carbonyl (C=O) groups excluding carboxylic acids is 1. The minimum atomic E-state index is -0.206. The van der Waals surface area contributed by atoms with E-state index in [1.807, 2.05) is 6.07 Å². The Morgan fingerprint density at radius 1 is 1.20 bits per heavy atom. The van der Waals surface area contributed by atoms with Gasteiger partial charge in [-0.2, -0.15) is 0 Å². The second-order valence-corrected chi connectivity index (χ2v) is 4.04. The molecule has 0 atom stereocenters. The predicted molar refractivity (Wildman–Crippen MR) is 74.0 cm³/mol. The van der Waals surface area contributed by atoms with Crippen molar-refractivity contribution in [3.8, 4) is 11.5 Å². The molecule has 0 saturated carbocycles. The van der Waals surface area contributed by atoms with Crippen molar-refractivity contribution in [2.24, 2.45) is 0 Å². The summed E-state index contributed by atoms with van der Waals surface area (Å²) in [7, 11) is 3.10. The number of rotatable bonds is 9. The average molecular weight is 283 g/mol. The molecule has 0 spiro atoms. The van der Waals surface area contributed by atoms with Gasteiger partial charge in [0, 0.05) is 20.2 Å². The molecule has 1 amide bonds. The molecule has 0 heterocycles. The monoisotopic (exact) mass is 283 g/mol. The average Bonchev–Trinajstić information content (AvgIpc) is 2.49. The van der Waals surface area contributed by atoms with Crippen molar-refractivity contribution in [1.29, 1.82) is 0 Å². The number of nitrogens with zero attached hydrogens (tertiary/aromatic N) is 1. The minimum Gasteiger partial charge on any atom is -0.493 e. The van der Waals surface area contributed by atoms with Crippen molar-refractivity contribution in [2.75, 3.05) is 47.1 Å². The van der Waals surface area contributed by atoms with Crippen molar-refractivity contribution < 1.29 is 24.1 Å². The van der Waals surface area contributed by atoms with Gasteiger partial charge >= 0.3 is 0 Å². The van der Waals surface area contributed by atoms with E-state index in [-0.39, 0.29) is 25.7 Å². The second kappa shape index (κ2) is 9.17. The Kier molecular flexibility index (Phi) is 7.46. The molecule has 0 aromatic heterocycles. The van der Waals surface area contributed by atoms with E-state index in [4.69, 9.17) is 19.3 Å². The van der Waals surface area contributed by atoms with Crippen LogP contribution < -0.4 is 9.47 Å². The van der Waals surface area contributed by atoms with Gasteiger partial charge in [-0.3, -0.25) is 4.79 Å². The van der Waals surface area contributed by atoms with E-state index < -0.39 is 0 Å². The maximum absolute atomic E-state index is 12.0. The van der Waals surface area contributed by atoms with E-state index in [0.29, 0.717) is 24.7 Å². The fraction of sp³-hybridized carbons (Fsp3) is 0.500. The van der Waals surface area contributed by atoms with Gasteiger partial charge in [-0.1, -0.05) is 12.1 Å². The second-order valence-electron chi connectivity index (χ2n) is 4.04. The molecule has 0 radical (unpaired) electrons. The molecule has 6 heteroatoms. The van der Waals surface area contributed by atoms with Crippen LogP contribution in [0.1, 0.15) is 0 Å². The number of methoxy groups -OCH3 is 2. The number of hydrogen-bond acceptors (Lipinski definition) is 5. The van der Waals surface area contributed by atoms with Gasteiger partial charge in [-0.05, 0) is 12.1 Å². The molecule has 0 fully saturated rings. The first-order valence-electron chi connectivity index (χ1n) is 6.36. The van der Waals surface area contributed by atoms with Crippen LogP contribution in [0, 0.1) is 0 Å². The third-order valence-corrected chi connectivity index (χ3v) is 2.71. The molecule has 0 aliphatic carbocycles. The molecule has 112 valence electrons. The molecule has 1 rings (SSSR count). The first-order chi connectivity index (χ1) is 9.72. The number of benzene rings is 1. The first kappa shape index (κ1) is 16.3. The van der Waals surface area contributed by atoms with Crippen LogP contribution in [0.5, 0.6) is 11.5 Å². The molecule has 0 aliphatic heterocycles. The molecule has 1 aromatic rings. The summed E-state index contributed by atoms with van der Waals surface area (Å²) < 4.78 is 15.5. The largest absolute Gasteiger partial charge is 0.493 e. The lowest BCUT2D eigenvalue weighted by Crippen LogP contribution is -2.39. The number of aliphatic hydroxyl groups excluding tert-OH is 1. The minimum absolute atomic E-state index is 0.0931. The summed E-state index contributed by atoms with van der Waals surface area (Å²) in [5, 5.41) is 8.96. The van der Waals surface area contributed by atoms with Gasteiger partial charge in [0.05, 0.1) is 20.3 Å². The van der Waals surface area contributed by atoms with Crippen molar-refractivity contribution in [1.82, 2.24) is 4.90 Å². The van der Waals surface area contributed by atoms with E-state index in [9.17, 15) is 4.79 Å². The lowest BCUT2D eigenvalue weighted by molar-refractivity contribution is -0.134. The van der Waals surface area contributed by atoms with Crippen LogP contribution in [0.2, 0.25) is 0 Å². The Labute approximate surface area is 118 Å². The van der Waals surface area contributed by atoms with Gasteiger partial charge < -0.3 is 24.2 Å². The number of ether oxygens (including phenoxy) is 3. The topological polar surface area (TPSA) is 68.2 Å². The van der Waals surface area contributed by atoms with Crippen LogP contribution in [0.15, 0.2) is 24.3 Å². The maximum atomic E-state index is 12.0. The van der Waals surface area contributed by atoms with Crippen LogP contribution in [0.25, 0.3) is 0 Å². The summed E-state index contributed by atoms with van der Waals surface area (Å²) in [6, 6.07) is 7.12. The number of para-hydroxylation sites is 2. The molecular weight excluding hydrogens is 262 g/mol. The number of aliphatic hydroxyl groups is 1. The normalized spacial score (nSPS) is 10.2. The molecule has 1 aromatic carbocycles. The van der Waals surface area contributed by atoms with Crippen LogP contribution in [-0.4, -0.2) is 63.0 Å². The molecule has 1 N–H and O–H groups in total. The van der Waals surface area contributed by atoms with Gasteiger partial charge in [0.2, 0.25) is 0 Å². The van der Waals surface area contributed by atoms with Crippen molar-refractivity contribution >= 4 is 5.91 Å². The quantitative estimate of drug-likeness (QED) is 0.716. The van der Waals surface area contributed by atoms with Crippen LogP contribution in [0.4, 0.5) is 0 Å². The van der Waals surface area contributed by atoms with Gasteiger partial charge in [0.15, 0.2) is 18.1 Å². The van der Waals surface area contributed by atoms with E-state index in [1.165, 1.54) is 4.90 Å². The van der Waals surface area contributed by atoms with Crippen LogP contribution >= 0.6 is 0 Å². The molecule has 6 nitrogen and oxygen atoms in total. The lowest BCUT2D eigenvalue weighted by atomic mass is 10.3. The summed E-state index contributed by atoms with van der Waals surface area (Å²) in [6.45, 7) is 0.900. The Hall–Kier alpha value is -1.79. The highest BCUT2D eigenvalue weighted by Gasteiger charge is 2.14. The molecule has 0 aliphatic rings.